The standard InChI is InChI=1S/C11H13N3S2/c1-7-6-15-11(14-7)16-9-3-4-10(8(2)12)13-5-9/h3-6,8H,12H2,1-2H3/t8-/m0/s1. The van der Waals surface area contributed by atoms with Crippen LogP contribution in [-0.2, 0) is 0 Å². The fraction of sp³-hybridized carbons (Fsp3) is 0.273. The summed E-state index contributed by atoms with van der Waals surface area (Å²) in [5, 5.41) is 2.05. The number of aromatic nitrogens is 2. The number of pyridine rings is 1. The van der Waals surface area contributed by atoms with Gasteiger partial charge in [-0.3, -0.25) is 4.98 Å². The average Bonchev–Trinajstić information content (AvgIpc) is 2.65. The van der Waals surface area contributed by atoms with Crippen molar-refractivity contribution >= 4 is 23.1 Å². The molecule has 1 atom stereocenters. The Morgan fingerprint density at radius 2 is 2.25 bits per heavy atom. The van der Waals surface area contributed by atoms with E-state index in [4.69, 9.17) is 5.73 Å². The summed E-state index contributed by atoms with van der Waals surface area (Å²) in [5.74, 6) is 0. The first-order chi connectivity index (χ1) is 7.65. The maximum Gasteiger partial charge on any atom is 0.154 e. The smallest absolute Gasteiger partial charge is 0.154 e. The number of hydrogen-bond acceptors (Lipinski definition) is 5. The van der Waals surface area contributed by atoms with Gasteiger partial charge in [-0.1, -0.05) is 11.8 Å². The highest BCUT2D eigenvalue weighted by atomic mass is 32.2. The fourth-order valence-corrected chi connectivity index (χ4v) is 2.98. The first kappa shape index (κ1) is 11.6. The van der Waals surface area contributed by atoms with Crippen molar-refractivity contribution in [2.75, 3.05) is 0 Å². The highest BCUT2D eigenvalue weighted by molar-refractivity contribution is 8.01. The summed E-state index contributed by atoms with van der Waals surface area (Å²) in [6, 6.07) is 3.99. The normalized spacial score (nSPS) is 12.7. The van der Waals surface area contributed by atoms with Crippen LogP contribution in [0.3, 0.4) is 0 Å². The summed E-state index contributed by atoms with van der Waals surface area (Å²) in [6.45, 7) is 3.93. The van der Waals surface area contributed by atoms with E-state index in [1.807, 2.05) is 37.6 Å². The SMILES string of the molecule is Cc1csc(Sc2ccc([C@H](C)N)nc2)n1. The Kier molecular flexibility index (Phi) is 3.58. The highest BCUT2D eigenvalue weighted by Gasteiger charge is 2.04. The summed E-state index contributed by atoms with van der Waals surface area (Å²) >= 11 is 3.29. The van der Waals surface area contributed by atoms with Crippen molar-refractivity contribution in [3.63, 3.8) is 0 Å². The van der Waals surface area contributed by atoms with Crippen LogP contribution in [0.15, 0.2) is 32.9 Å². The van der Waals surface area contributed by atoms with Gasteiger partial charge < -0.3 is 5.73 Å². The molecule has 0 amide bonds. The summed E-state index contributed by atoms with van der Waals surface area (Å²) in [7, 11) is 0. The van der Waals surface area contributed by atoms with Crippen LogP contribution in [0.25, 0.3) is 0 Å². The van der Waals surface area contributed by atoms with E-state index in [1.54, 1.807) is 23.1 Å². The number of rotatable bonds is 3. The van der Waals surface area contributed by atoms with Gasteiger partial charge in [0.25, 0.3) is 0 Å². The van der Waals surface area contributed by atoms with Crippen LogP contribution in [-0.4, -0.2) is 9.97 Å². The van der Waals surface area contributed by atoms with E-state index in [0.29, 0.717) is 0 Å². The predicted octanol–water partition coefficient (Wildman–Crippen LogP) is 3.02. The number of aryl methyl sites for hydroxylation is 1. The molecule has 2 rings (SSSR count). The van der Waals surface area contributed by atoms with Crippen LogP contribution < -0.4 is 5.73 Å². The summed E-state index contributed by atoms with van der Waals surface area (Å²) in [5.41, 5.74) is 7.72. The zero-order chi connectivity index (χ0) is 11.5. The molecular formula is C11H13N3S2. The van der Waals surface area contributed by atoms with Crippen LogP contribution in [0.5, 0.6) is 0 Å². The molecule has 0 saturated heterocycles. The minimum Gasteiger partial charge on any atom is -0.323 e. The van der Waals surface area contributed by atoms with Gasteiger partial charge in [0.15, 0.2) is 4.34 Å². The fourth-order valence-electron chi connectivity index (χ4n) is 1.20. The Balaban J connectivity index is 2.11. The lowest BCUT2D eigenvalue weighted by Crippen LogP contribution is -2.06. The molecule has 0 saturated carbocycles. The zero-order valence-corrected chi connectivity index (χ0v) is 10.8. The highest BCUT2D eigenvalue weighted by Crippen LogP contribution is 2.29. The number of thiazole rings is 1. The topological polar surface area (TPSA) is 51.8 Å². The molecule has 16 heavy (non-hydrogen) atoms. The number of nitrogens with two attached hydrogens (primary N) is 1. The lowest BCUT2D eigenvalue weighted by Gasteiger charge is -2.04. The number of nitrogens with zero attached hydrogens (tertiary/aromatic N) is 2. The van der Waals surface area contributed by atoms with Gasteiger partial charge in [0.1, 0.15) is 0 Å². The van der Waals surface area contributed by atoms with Gasteiger partial charge in [0.05, 0.1) is 5.69 Å². The van der Waals surface area contributed by atoms with E-state index >= 15 is 0 Å². The third kappa shape index (κ3) is 2.81. The molecule has 0 aliphatic heterocycles. The molecule has 0 unspecified atom stereocenters. The number of hydrogen-bond donors (Lipinski definition) is 1. The largest absolute Gasteiger partial charge is 0.323 e. The van der Waals surface area contributed by atoms with Crippen LogP contribution in [0.1, 0.15) is 24.4 Å². The summed E-state index contributed by atoms with van der Waals surface area (Å²) in [6.07, 6.45) is 1.85. The van der Waals surface area contributed by atoms with Crippen molar-refractivity contribution in [3.8, 4) is 0 Å². The molecule has 2 heterocycles. The molecule has 2 N–H and O–H groups in total. The average molecular weight is 251 g/mol. The van der Waals surface area contributed by atoms with E-state index < -0.39 is 0 Å². The van der Waals surface area contributed by atoms with E-state index in [0.717, 1.165) is 20.6 Å². The Morgan fingerprint density at radius 1 is 1.44 bits per heavy atom. The first-order valence-electron chi connectivity index (χ1n) is 4.96. The summed E-state index contributed by atoms with van der Waals surface area (Å²) < 4.78 is 1.05. The minimum absolute atomic E-state index is 0.0128. The summed E-state index contributed by atoms with van der Waals surface area (Å²) in [4.78, 5) is 9.80. The van der Waals surface area contributed by atoms with Crippen molar-refractivity contribution in [1.29, 1.82) is 0 Å². The molecule has 0 fully saturated rings. The van der Waals surface area contributed by atoms with Crippen LogP contribution in [0.4, 0.5) is 0 Å². The van der Waals surface area contributed by atoms with Gasteiger partial charge in [-0.15, -0.1) is 11.3 Å². The van der Waals surface area contributed by atoms with Crippen molar-refractivity contribution in [2.24, 2.45) is 5.73 Å². The minimum atomic E-state index is -0.0128. The monoisotopic (exact) mass is 251 g/mol. The third-order valence-electron chi connectivity index (χ3n) is 2.03. The molecule has 0 aliphatic carbocycles. The predicted molar refractivity (Wildman–Crippen MR) is 67.8 cm³/mol. The van der Waals surface area contributed by atoms with Gasteiger partial charge in [0, 0.05) is 28.2 Å². The Hall–Kier alpha value is -0.910. The maximum absolute atomic E-state index is 5.74. The van der Waals surface area contributed by atoms with Crippen LogP contribution in [0, 0.1) is 6.92 Å². The van der Waals surface area contributed by atoms with Crippen molar-refractivity contribution < 1.29 is 0 Å². The van der Waals surface area contributed by atoms with Crippen LogP contribution >= 0.6 is 23.1 Å². The molecule has 5 heteroatoms. The lowest BCUT2D eigenvalue weighted by atomic mass is 10.2. The van der Waals surface area contributed by atoms with Crippen LogP contribution in [0.2, 0.25) is 0 Å². The van der Waals surface area contributed by atoms with Crippen molar-refractivity contribution in [2.45, 2.75) is 29.1 Å². The second-order valence-electron chi connectivity index (χ2n) is 3.56. The molecule has 0 aliphatic rings. The van der Waals surface area contributed by atoms with Gasteiger partial charge >= 0.3 is 0 Å². The molecule has 0 bridgehead atoms. The van der Waals surface area contributed by atoms with Gasteiger partial charge in [-0.2, -0.15) is 0 Å². The van der Waals surface area contributed by atoms with Gasteiger partial charge in [-0.05, 0) is 26.0 Å². The van der Waals surface area contributed by atoms with Gasteiger partial charge in [-0.25, -0.2) is 4.98 Å². The molecule has 2 aromatic heterocycles. The molecule has 0 radical (unpaired) electrons. The zero-order valence-electron chi connectivity index (χ0n) is 9.18. The van der Waals surface area contributed by atoms with Crippen molar-refractivity contribution in [1.82, 2.24) is 9.97 Å². The second kappa shape index (κ2) is 4.95. The van der Waals surface area contributed by atoms with Gasteiger partial charge in [0.2, 0.25) is 0 Å². The molecule has 0 aromatic carbocycles. The molecule has 84 valence electrons. The molecule has 0 spiro atoms. The van der Waals surface area contributed by atoms with E-state index in [9.17, 15) is 0 Å². The van der Waals surface area contributed by atoms with Crippen molar-refractivity contribution in [3.05, 3.63) is 35.1 Å². The molecule has 3 nitrogen and oxygen atoms in total. The molecule has 2 aromatic rings. The lowest BCUT2D eigenvalue weighted by molar-refractivity contribution is 0.777. The quantitative estimate of drug-likeness (QED) is 0.911. The Labute approximate surface area is 103 Å². The Bertz CT molecular complexity index is 462. The maximum atomic E-state index is 5.74. The van der Waals surface area contributed by atoms with E-state index in [2.05, 4.69) is 9.97 Å². The first-order valence-corrected chi connectivity index (χ1v) is 6.66. The second-order valence-corrected chi connectivity index (χ2v) is 5.74. The Morgan fingerprint density at radius 3 is 2.75 bits per heavy atom. The van der Waals surface area contributed by atoms with E-state index in [1.165, 1.54) is 0 Å². The van der Waals surface area contributed by atoms with E-state index in [-0.39, 0.29) is 6.04 Å². The third-order valence-corrected chi connectivity index (χ3v) is 4.06. The molecular weight excluding hydrogens is 238 g/mol.